The number of nitrogens with one attached hydrogen (secondary N) is 1. The largest absolute Gasteiger partial charge is 0.497 e. The number of benzene rings is 1. The Balaban J connectivity index is 2.32. The number of hydrogen-bond donors (Lipinski definition) is 1. The molecule has 1 aliphatic rings. The standard InChI is InChI=1S/C18H28N2O5S/c1-13(2)11-15(18(21)20-9-5-6-10-20)19-26(22,23)17-12-14(24-3)7-8-16(17)25-4/h7-8,12-13,15,19H,5-6,9-11H2,1-4H3/t15-/m0/s1. The second-order valence-corrected chi connectivity index (χ2v) is 8.54. The average molecular weight is 384 g/mol. The molecule has 0 aliphatic carbocycles. The molecule has 1 heterocycles. The Bertz CT molecular complexity index is 727. The Morgan fingerprint density at radius 3 is 2.38 bits per heavy atom. The third-order valence-corrected chi connectivity index (χ3v) is 5.87. The number of ether oxygens (including phenoxy) is 2. The number of carbonyl (C=O) groups is 1. The predicted molar refractivity (Wildman–Crippen MR) is 98.9 cm³/mol. The van der Waals surface area contributed by atoms with Crippen LogP contribution in [0.1, 0.15) is 33.1 Å². The van der Waals surface area contributed by atoms with Gasteiger partial charge >= 0.3 is 0 Å². The van der Waals surface area contributed by atoms with E-state index in [0.29, 0.717) is 25.3 Å². The Kier molecular flexibility index (Phi) is 6.88. The maximum absolute atomic E-state index is 13.0. The fraction of sp³-hybridized carbons (Fsp3) is 0.611. The summed E-state index contributed by atoms with van der Waals surface area (Å²) < 4.78 is 38.8. The molecule has 0 saturated carbocycles. The van der Waals surface area contributed by atoms with Crippen LogP contribution in [-0.2, 0) is 14.8 Å². The number of amides is 1. The topological polar surface area (TPSA) is 84.9 Å². The van der Waals surface area contributed by atoms with Gasteiger partial charge in [0.05, 0.1) is 14.2 Å². The van der Waals surface area contributed by atoms with Crippen LogP contribution in [0.5, 0.6) is 11.5 Å². The second kappa shape index (κ2) is 8.73. The molecule has 1 aromatic rings. The van der Waals surface area contributed by atoms with Gasteiger partial charge in [0.2, 0.25) is 15.9 Å². The van der Waals surface area contributed by atoms with Crippen LogP contribution in [0.4, 0.5) is 0 Å². The van der Waals surface area contributed by atoms with Crippen molar-refractivity contribution in [2.75, 3.05) is 27.3 Å². The molecular formula is C18H28N2O5S. The number of methoxy groups -OCH3 is 2. The zero-order chi connectivity index (χ0) is 19.3. The molecule has 1 fully saturated rings. The van der Waals surface area contributed by atoms with E-state index in [4.69, 9.17) is 9.47 Å². The van der Waals surface area contributed by atoms with Gasteiger partial charge in [0.25, 0.3) is 0 Å². The van der Waals surface area contributed by atoms with Crippen LogP contribution in [-0.4, -0.2) is 52.6 Å². The molecule has 1 aliphatic heterocycles. The SMILES string of the molecule is COc1ccc(OC)c(S(=O)(=O)N[C@@H](CC(C)C)C(=O)N2CCCC2)c1. The molecule has 0 radical (unpaired) electrons. The number of hydrogen-bond acceptors (Lipinski definition) is 5. The van der Waals surface area contributed by atoms with Crippen LogP contribution in [0.3, 0.4) is 0 Å². The van der Waals surface area contributed by atoms with Crippen molar-refractivity contribution >= 4 is 15.9 Å². The lowest BCUT2D eigenvalue weighted by molar-refractivity contribution is -0.132. The highest BCUT2D eigenvalue weighted by molar-refractivity contribution is 7.89. The van der Waals surface area contributed by atoms with Gasteiger partial charge in [-0.15, -0.1) is 0 Å². The summed E-state index contributed by atoms with van der Waals surface area (Å²) in [4.78, 5) is 14.5. The minimum Gasteiger partial charge on any atom is -0.497 e. The molecule has 1 amide bonds. The molecule has 0 spiro atoms. The summed E-state index contributed by atoms with van der Waals surface area (Å²) in [5, 5.41) is 0. The lowest BCUT2D eigenvalue weighted by Gasteiger charge is -2.25. The van der Waals surface area contributed by atoms with E-state index in [1.165, 1.54) is 26.4 Å². The third kappa shape index (κ3) is 4.88. The fourth-order valence-corrected chi connectivity index (χ4v) is 4.46. The summed E-state index contributed by atoms with van der Waals surface area (Å²) >= 11 is 0. The van der Waals surface area contributed by atoms with Crippen molar-refractivity contribution in [1.82, 2.24) is 9.62 Å². The Morgan fingerprint density at radius 1 is 1.19 bits per heavy atom. The quantitative estimate of drug-likeness (QED) is 0.741. The summed E-state index contributed by atoms with van der Waals surface area (Å²) in [5.74, 6) is 0.607. The van der Waals surface area contributed by atoms with Crippen molar-refractivity contribution in [3.05, 3.63) is 18.2 Å². The van der Waals surface area contributed by atoms with Gasteiger partial charge in [-0.2, -0.15) is 4.72 Å². The summed E-state index contributed by atoms with van der Waals surface area (Å²) in [6, 6.07) is 3.76. The monoisotopic (exact) mass is 384 g/mol. The first-order chi connectivity index (χ1) is 12.3. The zero-order valence-corrected chi connectivity index (χ0v) is 16.6. The molecule has 1 aromatic carbocycles. The van der Waals surface area contributed by atoms with E-state index in [9.17, 15) is 13.2 Å². The van der Waals surface area contributed by atoms with Crippen LogP contribution >= 0.6 is 0 Å². The molecule has 2 rings (SSSR count). The highest BCUT2D eigenvalue weighted by Gasteiger charge is 2.32. The zero-order valence-electron chi connectivity index (χ0n) is 15.8. The number of rotatable bonds is 8. The van der Waals surface area contributed by atoms with Crippen molar-refractivity contribution in [2.24, 2.45) is 5.92 Å². The maximum atomic E-state index is 13.0. The normalized spacial score (nSPS) is 16.0. The van der Waals surface area contributed by atoms with Gasteiger partial charge in [-0.05, 0) is 37.3 Å². The van der Waals surface area contributed by atoms with E-state index >= 15 is 0 Å². The molecule has 26 heavy (non-hydrogen) atoms. The van der Waals surface area contributed by atoms with Gasteiger partial charge in [-0.1, -0.05) is 13.8 Å². The minimum atomic E-state index is -3.96. The van der Waals surface area contributed by atoms with Gasteiger partial charge < -0.3 is 14.4 Å². The van der Waals surface area contributed by atoms with Gasteiger partial charge in [0.1, 0.15) is 22.4 Å². The van der Waals surface area contributed by atoms with Gasteiger partial charge in [0, 0.05) is 19.2 Å². The molecule has 8 heteroatoms. The molecule has 146 valence electrons. The first-order valence-corrected chi connectivity index (χ1v) is 10.3. The lowest BCUT2D eigenvalue weighted by Crippen LogP contribution is -2.48. The van der Waals surface area contributed by atoms with E-state index in [-0.39, 0.29) is 22.5 Å². The molecule has 0 aromatic heterocycles. The highest BCUT2D eigenvalue weighted by Crippen LogP contribution is 2.28. The molecule has 1 N–H and O–H groups in total. The van der Waals surface area contributed by atoms with Crippen molar-refractivity contribution in [2.45, 2.75) is 44.0 Å². The first-order valence-electron chi connectivity index (χ1n) is 8.81. The number of nitrogens with zero attached hydrogens (tertiary/aromatic N) is 1. The molecular weight excluding hydrogens is 356 g/mol. The molecule has 7 nitrogen and oxygen atoms in total. The van der Waals surface area contributed by atoms with Crippen LogP contribution in [0.15, 0.2) is 23.1 Å². The Labute approximate surface area is 155 Å². The number of likely N-dealkylation sites (tertiary alicyclic amines) is 1. The van der Waals surface area contributed by atoms with E-state index in [1.807, 2.05) is 13.8 Å². The smallest absolute Gasteiger partial charge is 0.245 e. The lowest BCUT2D eigenvalue weighted by atomic mass is 10.0. The summed E-state index contributed by atoms with van der Waals surface area (Å²) in [5.41, 5.74) is 0. The van der Waals surface area contributed by atoms with Crippen molar-refractivity contribution in [3.63, 3.8) is 0 Å². The molecule has 0 unspecified atom stereocenters. The Hall–Kier alpha value is -1.80. The minimum absolute atomic E-state index is 0.0395. The number of sulfonamides is 1. The second-order valence-electron chi connectivity index (χ2n) is 6.85. The summed E-state index contributed by atoms with van der Waals surface area (Å²) in [7, 11) is -1.09. The van der Waals surface area contributed by atoms with E-state index < -0.39 is 16.1 Å². The average Bonchev–Trinajstić information content (AvgIpc) is 3.13. The van der Waals surface area contributed by atoms with Gasteiger partial charge in [-0.3, -0.25) is 4.79 Å². The van der Waals surface area contributed by atoms with Crippen LogP contribution in [0.2, 0.25) is 0 Å². The van der Waals surface area contributed by atoms with E-state index in [1.54, 1.807) is 11.0 Å². The highest BCUT2D eigenvalue weighted by atomic mass is 32.2. The van der Waals surface area contributed by atoms with E-state index in [0.717, 1.165) is 12.8 Å². The maximum Gasteiger partial charge on any atom is 0.245 e. The summed E-state index contributed by atoms with van der Waals surface area (Å²) in [6.45, 7) is 5.28. The predicted octanol–water partition coefficient (Wildman–Crippen LogP) is 2.02. The Morgan fingerprint density at radius 2 is 1.85 bits per heavy atom. The van der Waals surface area contributed by atoms with Crippen LogP contribution in [0, 0.1) is 5.92 Å². The van der Waals surface area contributed by atoms with Crippen molar-refractivity contribution in [3.8, 4) is 11.5 Å². The van der Waals surface area contributed by atoms with Crippen LogP contribution < -0.4 is 14.2 Å². The van der Waals surface area contributed by atoms with Gasteiger partial charge in [0.15, 0.2) is 0 Å². The molecule has 1 atom stereocenters. The van der Waals surface area contributed by atoms with Crippen LogP contribution in [0.25, 0.3) is 0 Å². The van der Waals surface area contributed by atoms with Crippen molar-refractivity contribution in [1.29, 1.82) is 0 Å². The molecule has 0 bridgehead atoms. The number of carbonyl (C=O) groups excluding carboxylic acids is 1. The molecule has 1 saturated heterocycles. The third-order valence-electron chi connectivity index (χ3n) is 4.38. The van der Waals surface area contributed by atoms with Crippen molar-refractivity contribution < 1.29 is 22.7 Å². The fourth-order valence-electron chi connectivity index (χ4n) is 3.07. The van der Waals surface area contributed by atoms with E-state index in [2.05, 4.69) is 4.72 Å². The van der Waals surface area contributed by atoms with Gasteiger partial charge in [-0.25, -0.2) is 8.42 Å². The first kappa shape index (κ1) is 20.5. The summed E-state index contributed by atoms with van der Waals surface area (Å²) in [6.07, 6.45) is 2.34.